The zero-order valence-corrected chi connectivity index (χ0v) is 15.7. The predicted molar refractivity (Wildman–Crippen MR) is 105 cm³/mol. The van der Waals surface area contributed by atoms with E-state index in [2.05, 4.69) is 9.80 Å². The Morgan fingerprint density at radius 2 is 1.85 bits per heavy atom. The summed E-state index contributed by atoms with van der Waals surface area (Å²) in [7, 11) is 7.53. The molecule has 0 unspecified atom stereocenters. The number of hydrogen-bond donors (Lipinski definition) is 0. The van der Waals surface area contributed by atoms with Crippen LogP contribution in [0.4, 0.5) is 10.1 Å². The van der Waals surface area contributed by atoms with E-state index in [-0.39, 0.29) is 11.3 Å². The largest absolute Gasteiger partial charge is 0.497 e. The number of carbonyl (C=O) groups is 1. The number of para-hydroxylation sites is 1. The van der Waals surface area contributed by atoms with Crippen molar-refractivity contribution in [1.82, 2.24) is 4.90 Å². The van der Waals surface area contributed by atoms with Crippen molar-refractivity contribution in [2.45, 2.75) is 0 Å². The number of halogens is 1. The van der Waals surface area contributed by atoms with Crippen LogP contribution in [0.3, 0.4) is 0 Å². The van der Waals surface area contributed by atoms with Crippen molar-refractivity contribution in [3.63, 3.8) is 0 Å². The number of rotatable bonds is 8. The number of allylic oxidation sites excluding steroid dienone is 1. The summed E-state index contributed by atoms with van der Waals surface area (Å²) in [6.07, 6.45) is 3.14. The fourth-order valence-corrected chi connectivity index (χ4v) is 2.52. The van der Waals surface area contributed by atoms with Gasteiger partial charge >= 0.3 is 0 Å². The number of likely N-dealkylation sites (N-methyl/N-ethyl adjacent to an activating group) is 2. The molecule has 0 saturated carbocycles. The minimum Gasteiger partial charge on any atom is -0.497 e. The molecule has 0 aliphatic heterocycles. The molecule has 0 radical (unpaired) electrons. The second-order valence-electron chi connectivity index (χ2n) is 6.33. The van der Waals surface area contributed by atoms with Crippen LogP contribution in [-0.4, -0.2) is 52.0 Å². The highest BCUT2D eigenvalue weighted by molar-refractivity contribution is 6.07. The Labute approximate surface area is 154 Å². The number of methoxy groups -OCH3 is 1. The van der Waals surface area contributed by atoms with Crippen LogP contribution in [0.2, 0.25) is 0 Å². The van der Waals surface area contributed by atoms with Crippen LogP contribution in [0.5, 0.6) is 5.75 Å². The third kappa shape index (κ3) is 5.17. The summed E-state index contributed by atoms with van der Waals surface area (Å²) < 4.78 is 19.0. The number of ketones is 1. The minimum atomic E-state index is -0.588. The van der Waals surface area contributed by atoms with Gasteiger partial charge in [0.05, 0.1) is 12.7 Å². The Hall–Kier alpha value is -2.66. The van der Waals surface area contributed by atoms with Crippen LogP contribution in [0.15, 0.2) is 48.5 Å². The van der Waals surface area contributed by atoms with E-state index in [4.69, 9.17) is 4.74 Å². The van der Waals surface area contributed by atoms with Crippen molar-refractivity contribution in [3.8, 4) is 5.75 Å². The summed E-state index contributed by atoms with van der Waals surface area (Å²) in [5, 5.41) is 0. The van der Waals surface area contributed by atoms with Crippen molar-refractivity contribution in [2.75, 3.05) is 46.2 Å². The molecule has 0 atom stereocenters. The zero-order valence-electron chi connectivity index (χ0n) is 15.7. The van der Waals surface area contributed by atoms with Crippen LogP contribution in [-0.2, 0) is 0 Å². The molecule has 0 heterocycles. The fraction of sp³-hybridized carbons (Fsp3) is 0.286. The van der Waals surface area contributed by atoms with Gasteiger partial charge in [-0.2, -0.15) is 0 Å². The zero-order chi connectivity index (χ0) is 19.1. The van der Waals surface area contributed by atoms with Gasteiger partial charge < -0.3 is 14.5 Å². The molecule has 138 valence electrons. The van der Waals surface area contributed by atoms with Crippen LogP contribution in [0, 0.1) is 5.82 Å². The van der Waals surface area contributed by atoms with Crippen molar-refractivity contribution in [1.29, 1.82) is 0 Å². The quantitative estimate of drug-likeness (QED) is 0.533. The number of hydrogen-bond acceptors (Lipinski definition) is 4. The molecule has 0 fully saturated rings. The summed E-state index contributed by atoms with van der Waals surface area (Å²) in [5.74, 6) is -0.581. The molecule has 2 rings (SSSR count). The van der Waals surface area contributed by atoms with Gasteiger partial charge in [0.2, 0.25) is 0 Å². The highest BCUT2D eigenvalue weighted by Gasteiger charge is 2.11. The van der Waals surface area contributed by atoms with Gasteiger partial charge in [-0.25, -0.2) is 4.39 Å². The van der Waals surface area contributed by atoms with Crippen molar-refractivity contribution in [3.05, 3.63) is 65.5 Å². The molecule has 2 aromatic carbocycles. The van der Waals surface area contributed by atoms with E-state index in [0.29, 0.717) is 5.75 Å². The van der Waals surface area contributed by atoms with Gasteiger partial charge in [-0.3, -0.25) is 4.79 Å². The maximum absolute atomic E-state index is 14.0. The summed E-state index contributed by atoms with van der Waals surface area (Å²) in [5.41, 5.74) is 1.96. The summed E-state index contributed by atoms with van der Waals surface area (Å²) >= 11 is 0. The normalized spacial score (nSPS) is 11.2. The van der Waals surface area contributed by atoms with Gasteiger partial charge in [0.1, 0.15) is 11.6 Å². The molecule has 0 aliphatic carbocycles. The summed E-state index contributed by atoms with van der Waals surface area (Å²) in [4.78, 5) is 16.6. The molecular weight excluding hydrogens is 331 g/mol. The van der Waals surface area contributed by atoms with E-state index in [1.54, 1.807) is 12.1 Å². The summed E-state index contributed by atoms with van der Waals surface area (Å²) in [6, 6.07) is 12.1. The molecule has 0 N–H and O–H groups in total. The Kier molecular flexibility index (Phi) is 6.92. The first-order valence-electron chi connectivity index (χ1n) is 8.43. The molecule has 0 spiro atoms. The maximum Gasteiger partial charge on any atom is 0.188 e. The number of ether oxygens (including phenoxy) is 1. The topological polar surface area (TPSA) is 32.8 Å². The molecule has 0 amide bonds. The lowest BCUT2D eigenvalue weighted by Crippen LogP contribution is -2.28. The molecule has 2 aromatic rings. The smallest absolute Gasteiger partial charge is 0.188 e. The lowest BCUT2D eigenvalue weighted by atomic mass is 10.1. The van der Waals surface area contributed by atoms with Crippen molar-refractivity contribution >= 4 is 17.5 Å². The highest BCUT2D eigenvalue weighted by Crippen LogP contribution is 2.22. The van der Waals surface area contributed by atoms with E-state index in [9.17, 15) is 9.18 Å². The van der Waals surface area contributed by atoms with E-state index < -0.39 is 5.82 Å². The van der Waals surface area contributed by atoms with Crippen LogP contribution < -0.4 is 9.64 Å². The molecule has 5 heteroatoms. The van der Waals surface area contributed by atoms with Crippen LogP contribution >= 0.6 is 0 Å². The van der Waals surface area contributed by atoms with Crippen LogP contribution in [0.25, 0.3) is 6.08 Å². The molecule has 0 saturated heterocycles. The lowest BCUT2D eigenvalue weighted by Gasteiger charge is -2.23. The van der Waals surface area contributed by atoms with Gasteiger partial charge in [-0.05, 0) is 50.0 Å². The first-order chi connectivity index (χ1) is 12.4. The van der Waals surface area contributed by atoms with Crippen molar-refractivity contribution < 1.29 is 13.9 Å². The Bertz CT molecular complexity index is 787. The molecular formula is C21H25FN2O2. The molecule has 0 bridgehead atoms. The van der Waals surface area contributed by atoms with E-state index in [1.165, 1.54) is 25.3 Å². The third-order valence-corrected chi connectivity index (χ3v) is 4.09. The second-order valence-corrected chi connectivity index (χ2v) is 6.33. The monoisotopic (exact) mass is 356 g/mol. The lowest BCUT2D eigenvalue weighted by molar-refractivity contribution is 0.104. The fourth-order valence-electron chi connectivity index (χ4n) is 2.52. The molecule has 26 heavy (non-hydrogen) atoms. The minimum absolute atomic E-state index is 0.0282. The van der Waals surface area contributed by atoms with Gasteiger partial charge in [-0.1, -0.05) is 18.2 Å². The number of benzene rings is 2. The average Bonchev–Trinajstić information content (AvgIpc) is 2.64. The Morgan fingerprint density at radius 1 is 1.12 bits per heavy atom. The van der Waals surface area contributed by atoms with Gasteiger partial charge in [0.15, 0.2) is 5.78 Å². The molecule has 4 nitrogen and oxygen atoms in total. The maximum atomic E-state index is 14.0. The second kappa shape index (κ2) is 9.15. The Morgan fingerprint density at radius 3 is 2.50 bits per heavy atom. The SMILES string of the molecule is COc1ccc(C(=O)/C=C/c2ccccc2N(C)CCN(C)C)c(F)c1. The van der Waals surface area contributed by atoms with Crippen molar-refractivity contribution in [2.24, 2.45) is 0 Å². The predicted octanol–water partition coefficient (Wildman–Crippen LogP) is 3.73. The molecule has 0 aromatic heterocycles. The summed E-state index contributed by atoms with van der Waals surface area (Å²) in [6.45, 7) is 1.78. The van der Waals surface area contributed by atoms with Gasteiger partial charge in [0.25, 0.3) is 0 Å². The Balaban J connectivity index is 2.18. The third-order valence-electron chi connectivity index (χ3n) is 4.09. The first-order valence-corrected chi connectivity index (χ1v) is 8.43. The van der Waals surface area contributed by atoms with Gasteiger partial charge in [-0.15, -0.1) is 0 Å². The number of anilines is 1. The van der Waals surface area contributed by atoms with Crippen LogP contribution in [0.1, 0.15) is 15.9 Å². The highest BCUT2D eigenvalue weighted by atomic mass is 19.1. The number of carbonyl (C=O) groups excluding carboxylic acids is 1. The standard InChI is InChI=1S/C21H25FN2O2/c1-23(2)13-14-24(3)20-8-6-5-7-16(20)9-12-21(25)18-11-10-17(26-4)15-19(18)22/h5-12,15H,13-14H2,1-4H3/b12-9+. The first kappa shape index (κ1) is 19.7. The average molecular weight is 356 g/mol. The van der Waals surface area contributed by atoms with E-state index in [1.807, 2.05) is 45.4 Å². The van der Waals surface area contributed by atoms with E-state index >= 15 is 0 Å². The van der Waals surface area contributed by atoms with Gasteiger partial charge in [0, 0.05) is 31.9 Å². The van der Waals surface area contributed by atoms with E-state index in [0.717, 1.165) is 24.3 Å². The molecule has 0 aliphatic rings. The number of nitrogens with zero attached hydrogens (tertiary/aromatic N) is 2.